The van der Waals surface area contributed by atoms with Gasteiger partial charge in [0.05, 0.1) is 0 Å². The summed E-state index contributed by atoms with van der Waals surface area (Å²) >= 11 is 3.14. The lowest BCUT2D eigenvalue weighted by Gasteiger charge is -2.02. The van der Waals surface area contributed by atoms with Crippen LogP contribution < -0.4 is 0 Å². The quantitative estimate of drug-likeness (QED) is 0.816. The number of ketones is 1. The molecular weight excluding hydrogens is 289 g/mol. The summed E-state index contributed by atoms with van der Waals surface area (Å²) in [6.45, 7) is 0. The standard InChI is InChI=1S/C11H9BrFN3O/c1-16-10(11(12)14-15-16)9(17)6-7-4-2-3-5-8(7)13/h2-5H,6H2,1H3. The van der Waals surface area contributed by atoms with E-state index in [1.54, 1.807) is 25.2 Å². The Morgan fingerprint density at radius 3 is 2.76 bits per heavy atom. The molecule has 1 aromatic heterocycles. The monoisotopic (exact) mass is 297 g/mol. The van der Waals surface area contributed by atoms with Crippen molar-refractivity contribution in [2.75, 3.05) is 0 Å². The minimum Gasteiger partial charge on any atom is -0.292 e. The molecule has 0 N–H and O–H groups in total. The van der Waals surface area contributed by atoms with E-state index in [0.29, 0.717) is 15.9 Å². The highest BCUT2D eigenvalue weighted by Gasteiger charge is 2.18. The second kappa shape index (κ2) is 4.75. The Morgan fingerprint density at radius 1 is 1.47 bits per heavy atom. The van der Waals surface area contributed by atoms with Crippen LogP contribution in [0.4, 0.5) is 4.39 Å². The van der Waals surface area contributed by atoms with E-state index in [4.69, 9.17) is 0 Å². The molecule has 0 aliphatic carbocycles. The molecule has 0 aliphatic rings. The lowest BCUT2D eigenvalue weighted by atomic mass is 10.1. The lowest BCUT2D eigenvalue weighted by molar-refractivity contribution is 0.0982. The zero-order valence-corrected chi connectivity index (χ0v) is 10.6. The molecule has 0 saturated heterocycles. The predicted molar refractivity (Wildman–Crippen MR) is 63.1 cm³/mol. The summed E-state index contributed by atoms with van der Waals surface area (Å²) in [7, 11) is 1.62. The van der Waals surface area contributed by atoms with Gasteiger partial charge in [0.2, 0.25) is 0 Å². The average Bonchev–Trinajstić information content (AvgIpc) is 2.62. The number of Topliss-reactive ketones (excluding diaryl/α,β-unsaturated/α-hetero) is 1. The number of aromatic nitrogens is 3. The molecule has 0 aliphatic heterocycles. The van der Waals surface area contributed by atoms with Gasteiger partial charge in [0.25, 0.3) is 0 Å². The van der Waals surface area contributed by atoms with Crippen LogP contribution in [-0.4, -0.2) is 20.8 Å². The number of carbonyl (C=O) groups excluding carboxylic acids is 1. The number of hydrogen-bond acceptors (Lipinski definition) is 3. The van der Waals surface area contributed by atoms with E-state index < -0.39 is 0 Å². The van der Waals surface area contributed by atoms with Crippen molar-refractivity contribution in [1.29, 1.82) is 0 Å². The number of aryl methyl sites for hydroxylation is 1. The van der Waals surface area contributed by atoms with Crippen LogP contribution in [0.2, 0.25) is 0 Å². The van der Waals surface area contributed by atoms with E-state index in [1.807, 2.05) is 0 Å². The van der Waals surface area contributed by atoms with E-state index in [1.165, 1.54) is 10.7 Å². The number of nitrogens with zero attached hydrogens (tertiary/aromatic N) is 3. The van der Waals surface area contributed by atoms with Crippen LogP contribution in [0.25, 0.3) is 0 Å². The molecule has 0 radical (unpaired) electrons. The zero-order chi connectivity index (χ0) is 12.4. The summed E-state index contributed by atoms with van der Waals surface area (Å²) in [5, 5.41) is 7.42. The molecule has 2 rings (SSSR count). The van der Waals surface area contributed by atoms with Crippen molar-refractivity contribution in [3.05, 3.63) is 45.9 Å². The van der Waals surface area contributed by atoms with E-state index in [2.05, 4.69) is 26.2 Å². The first-order valence-corrected chi connectivity index (χ1v) is 5.70. The molecule has 0 spiro atoms. The van der Waals surface area contributed by atoms with Crippen LogP contribution in [-0.2, 0) is 13.5 Å². The van der Waals surface area contributed by atoms with Gasteiger partial charge in [-0.05, 0) is 27.6 Å². The second-order valence-corrected chi connectivity index (χ2v) is 4.29. The predicted octanol–water partition coefficient (Wildman–Crippen LogP) is 2.14. The van der Waals surface area contributed by atoms with Crippen molar-refractivity contribution in [2.45, 2.75) is 6.42 Å². The van der Waals surface area contributed by atoms with Crippen molar-refractivity contribution in [3.8, 4) is 0 Å². The third kappa shape index (κ3) is 2.41. The van der Waals surface area contributed by atoms with Crippen LogP contribution >= 0.6 is 15.9 Å². The molecule has 88 valence electrons. The fourth-order valence-corrected chi connectivity index (χ4v) is 2.07. The Hall–Kier alpha value is -1.56. The van der Waals surface area contributed by atoms with Gasteiger partial charge in [0.1, 0.15) is 11.5 Å². The molecule has 0 amide bonds. The van der Waals surface area contributed by atoms with E-state index >= 15 is 0 Å². The zero-order valence-electron chi connectivity index (χ0n) is 9.02. The van der Waals surface area contributed by atoms with Crippen LogP contribution in [0.15, 0.2) is 28.9 Å². The van der Waals surface area contributed by atoms with Crippen molar-refractivity contribution >= 4 is 21.7 Å². The molecule has 6 heteroatoms. The van der Waals surface area contributed by atoms with Crippen molar-refractivity contribution in [1.82, 2.24) is 15.0 Å². The number of halogens is 2. The molecule has 1 heterocycles. The summed E-state index contributed by atoms with van der Waals surface area (Å²) in [6.07, 6.45) is -0.00745. The van der Waals surface area contributed by atoms with E-state index in [9.17, 15) is 9.18 Å². The molecule has 0 unspecified atom stereocenters. The average molecular weight is 298 g/mol. The van der Waals surface area contributed by atoms with Gasteiger partial charge < -0.3 is 0 Å². The molecule has 1 aromatic carbocycles. The van der Waals surface area contributed by atoms with Gasteiger partial charge in [-0.1, -0.05) is 23.4 Å². The van der Waals surface area contributed by atoms with E-state index in [-0.39, 0.29) is 18.0 Å². The second-order valence-electron chi connectivity index (χ2n) is 3.54. The van der Waals surface area contributed by atoms with Gasteiger partial charge in [-0.25, -0.2) is 9.07 Å². The molecule has 0 saturated carbocycles. The van der Waals surface area contributed by atoms with Crippen LogP contribution in [0, 0.1) is 5.82 Å². The Bertz CT molecular complexity index is 548. The number of carbonyl (C=O) groups is 1. The fraction of sp³-hybridized carbons (Fsp3) is 0.182. The highest BCUT2D eigenvalue weighted by Crippen LogP contribution is 2.16. The topological polar surface area (TPSA) is 47.8 Å². The molecule has 0 fully saturated rings. The first-order chi connectivity index (χ1) is 8.09. The fourth-order valence-electron chi connectivity index (χ4n) is 1.53. The van der Waals surface area contributed by atoms with Gasteiger partial charge in [0.15, 0.2) is 10.4 Å². The van der Waals surface area contributed by atoms with Gasteiger partial charge in [0, 0.05) is 13.5 Å². The van der Waals surface area contributed by atoms with Crippen molar-refractivity contribution in [2.24, 2.45) is 7.05 Å². The summed E-state index contributed by atoms with van der Waals surface area (Å²) in [5.74, 6) is -0.610. The molecule has 17 heavy (non-hydrogen) atoms. The maximum atomic E-state index is 13.4. The Balaban J connectivity index is 2.27. The number of benzene rings is 1. The minimum absolute atomic E-state index is 0.00745. The summed E-state index contributed by atoms with van der Waals surface area (Å²) < 4.78 is 15.1. The van der Waals surface area contributed by atoms with Crippen LogP contribution in [0.3, 0.4) is 0 Å². The SMILES string of the molecule is Cn1nnc(Br)c1C(=O)Cc1ccccc1F. The number of hydrogen-bond donors (Lipinski definition) is 0. The summed E-state index contributed by atoms with van der Waals surface area (Å²) in [4.78, 5) is 12.0. The number of rotatable bonds is 3. The van der Waals surface area contributed by atoms with Crippen molar-refractivity contribution in [3.63, 3.8) is 0 Å². The largest absolute Gasteiger partial charge is 0.292 e. The minimum atomic E-state index is -0.382. The van der Waals surface area contributed by atoms with Crippen LogP contribution in [0.1, 0.15) is 16.1 Å². The first kappa shape index (κ1) is 11.9. The van der Waals surface area contributed by atoms with E-state index in [0.717, 1.165) is 0 Å². The molecule has 0 bridgehead atoms. The van der Waals surface area contributed by atoms with Gasteiger partial charge in [-0.2, -0.15) is 0 Å². The van der Waals surface area contributed by atoms with Gasteiger partial charge >= 0.3 is 0 Å². The van der Waals surface area contributed by atoms with Gasteiger partial charge in [-0.15, -0.1) is 5.10 Å². The van der Waals surface area contributed by atoms with Crippen LogP contribution in [0.5, 0.6) is 0 Å². The molecule has 4 nitrogen and oxygen atoms in total. The first-order valence-electron chi connectivity index (χ1n) is 4.91. The Morgan fingerprint density at radius 2 is 2.18 bits per heavy atom. The highest BCUT2D eigenvalue weighted by molar-refractivity contribution is 9.10. The maximum absolute atomic E-state index is 13.4. The van der Waals surface area contributed by atoms with Gasteiger partial charge in [-0.3, -0.25) is 4.79 Å². The summed E-state index contributed by atoms with van der Waals surface area (Å²) in [5.41, 5.74) is 0.707. The maximum Gasteiger partial charge on any atom is 0.188 e. The third-order valence-corrected chi connectivity index (χ3v) is 2.89. The normalized spacial score (nSPS) is 10.5. The third-order valence-electron chi connectivity index (χ3n) is 2.36. The molecular formula is C11H9BrFN3O. The smallest absolute Gasteiger partial charge is 0.188 e. The molecule has 0 atom stereocenters. The summed E-state index contributed by atoms with van der Waals surface area (Å²) in [6, 6.07) is 6.21. The Kier molecular flexibility index (Phi) is 3.33. The lowest BCUT2D eigenvalue weighted by Crippen LogP contribution is -2.11. The van der Waals surface area contributed by atoms with Crippen molar-refractivity contribution < 1.29 is 9.18 Å². The Labute approximate surface area is 106 Å². The molecule has 2 aromatic rings. The highest BCUT2D eigenvalue weighted by atomic mass is 79.9.